The molecule has 0 aliphatic carbocycles. The molecule has 0 bridgehead atoms. The molecule has 0 saturated carbocycles. The zero-order valence-electron chi connectivity index (χ0n) is 12.4. The van der Waals surface area contributed by atoms with Gasteiger partial charge in [-0.1, -0.05) is 49.4 Å². The summed E-state index contributed by atoms with van der Waals surface area (Å²) in [6.07, 6.45) is 5.10. The van der Waals surface area contributed by atoms with Gasteiger partial charge in [-0.25, -0.2) is 4.68 Å². The van der Waals surface area contributed by atoms with Crippen LogP contribution >= 0.6 is 0 Å². The third kappa shape index (κ3) is 3.90. The minimum absolute atomic E-state index is 0.321. The summed E-state index contributed by atoms with van der Waals surface area (Å²) in [6.45, 7) is 6.19. The van der Waals surface area contributed by atoms with Crippen LogP contribution in [0.15, 0.2) is 36.5 Å². The first-order valence-electron chi connectivity index (χ1n) is 7.50. The van der Waals surface area contributed by atoms with Crippen LogP contribution in [0, 0.1) is 0 Å². The van der Waals surface area contributed by atoms with Crippen molar-refractivity contribution in [3.05, 3.63) is 47.8 Å². The summed E-state index contributed by atoms with van der Waals surface area (Å²) in [5.41, 5.74) is 2.58. The summed E-state index contributed by atoms with van der Waals surface area (Å²) < 4.78 is 2.03. The van der Waals surface area contributed by atoms with Gasteiger partial charge in [-0.3, -0.25) is 0 Å². The van der Waals surface area contributed by atoms with Crippen molar-refractivity contribution in [1.82, 2.24) is 20.3 Å². The normalized spacial score (nSPS) is 12.5. The predicted molar refractivity (Wildman–Crippen MR) is 81.5 cm³/mol. The smallest absolute Gasteiger partial charge is 0.0756 e. The van der Waals surface area contributed by atoms with Gasteiger partial charge in [0.1, 0.15) is 0 Å². The van der Waals surface area contributed by atoms with Gasteiger partial charge in [-0.05, 0) is 31.4 Å². The monoisotopic (exact) mass is 272 g/mol. The van der Waals surface area contributed by atoms with E-state index in [1.165, 1.54) is 11.3 Å². The molecule has 1 heterocycles. The van der Waals surface area contributed by atoms with E-state index in [0.717, 1.165) is 32.4 Å². The molecule has 108 valence electrons. The number of rotatable bonds is 8. The lowest BCUT2D eigenvalue weighted by Gasteiger charge is -2.18. The lowest BCUT2D eigenvalue weighted by atomic mass is 10.0. The van der Waals surface area contributed by atoms with Crippen LogP contribution in [-0.2, 0) is 13.0 Å². The Morgan fingerprint density at radius 3 is 2.70 bits per heavy atom. The van der Waals surface area contributed by atoms with Crippen molar-refractivity contribution in [2.75, 3.05) is 6.54 Å². The topological polar surface area (TPSA) is 42.7 Å². The number of aryl methyl sites for hydroxylation is 2. The molecule has 4 heteroatoms. The molecule has 0 fully saturated rings. The van der Waals surface area contributed by atoms with Crippen LogP contribution in [0.5, 0.6) is 0 Å². The molecule has 0 radical (unpaired) electrons. The summed E-state index contributed by atoms with van der Waals surface area (Å²) in [5.74, 6) is 0. The van der Waals surface area contributed by atoms with Crippen molar-refractivity contribution >= 4 is 0 Å². The van der Waals surface area contributed by atoms with E-state index in [9.17, 15) is 0 Å². The largest absolute Gasteiger partial charge is 0.309 e. The molecule has 0 aliphatic heterocycles. The molecule has 1 atom stereocenters. The van der Waals surface area contributed by atoms with Gasteiger partial charge in [-0.15, -0.1) is 5.10 Å². The predicted octanol–water partition coefficient (Wildman–Crippen LogP) is 2.97. The van der Waals surface area contributed by atoms with E-state index in [4.69, 9.17) is 0 Å². The van der Waals surface area contributed by atoms with Crippen LogP contribution in [0.25, 0.3) is 0 Å². The van der Waals surface area contributed by atoms with E-state index in [2.05, 4.69) is 59.8 Å². The van der Waals surface area contributed by atoms with Gasteiger partial charge < -0.3 is 5.32 Å². The average Bonchev–Trinajstić information content (AvgIpc) is 2.93. The zero-order chi connectivity index (χ0) is 14.2. The Morgan fingerprint density at radius 1 is 1.20 bits per heavy atom. The summed E-state index contributed by atoms with van der Waals surface area (Å²) >= 11 is 0. The summed E-state index contributed by atoms with van der Waals surface area (Å²) in [6, 6.07) is 10.9. The highest BCUT2D eigenvalue weighted by Crippen LogP contribution is 2.18. The first kappa shape index (κ1) is 14.7. The lowest BCUT2D eigenvalue weighted by molar-refractivity contribution is 0.455. The maximum Gasteiger partial charge on any atom is 0.0756 e. The SMILES string of the molecule is CCCn1nncc1C(CCc1ccccc1)NCC. The fourth-order valence-electron chi connectivity index (χ4n) is 2.48. The molecule has 1 aromatic heterocycles. The van der Waals surface area contributed by atoms with Crippen molar-refractivity contribution in [2.24, 2.45) is 0 Å². The average molecular weight is 272 g/mol. The Bertz CT molecular complexity index is 492. The molecule has 0 spiro atoms. The van der Waals surface area contributed by atoms with Gasteiger partial charge in [-0.2, -0.15) is 0 Å². The molecule has 0 aliphatic rings. The van der Waals surface area contributed by atoms with Crippen LogP contribution < -0.4 is 5.32 Å². The van der Waals surface area contributed by atoms with Crippen LogP contribution in [0.1, 0.15) is 44.0 Å². The van der Waals surface area contributed by atoms with Crippen molar-refractivity contribution in [1.29, 1.82) is 0 Å². The molecule has 1 unspecified atom stereocenters. The lowest BCUT2D eigenvalue weighted by Crippen LogP contribution is -2.24. The second kappa shape index (κ2) is 7.80. The van der Waals surface area contributed by atoms with E-state index < -0.39 is 0 Å². The maximum atomic E-state index is 4.19. The number of benzene rings is 1. The quantitative estimate of drug-likeness (QED) is 0.803. The van der Waals surface area contributed by atoms with Crippen molar-refractivity contribution < 1.29 is 0 Å². The van der Waals surface area contributed by atoms with Gasteiger partial charge in [0.05, 0.1) is 17.9 Å². The standard InChI is InChI=1S/C16H24N4/c1-3-12-20-16(13-18-19-20)15(17-4-2)11-10-14-8-6-5-7-9-14/h5-9,13,15,17H,3-4,10-12H2,1-2H3. The van der Waals surface area contributed by atoms with E-state index >= 15 is 0 Å². The second-order valence-electron chi connectivity index (χ2n) is 5.02. The van der Waals surface area contributed by atoms with Gasteiger partial charge in [0.25, 0.3) is 0 Å². The molecule has 2 aromatic rings. The molecule has 1 N–H and O–H groups in total. The van der Waals surface area contributed by atoms with E-state index in [1.807, 2.05) is 10.9 Å². The van der Waals surface area contributed by atoms with Crippen LogP contribution in [0.3, 0.4) is 0 Å². The Morgan fingerprint density at radius 2 is 2.00 bits per heavy atom. The molecular weight excluding hydrogens is 248 g/mol. The van der Waals surface area contributed by atoms with Crippen LogP contribution in [-0.4, -0.2) is 21.5 Å². The molecule has 0 amide bonds. The fraction of sp³-hybridized carbons (Fsp3) is 0.500. The second-order valence-corrected chi connectivity index (χ2v) is 5.02. The van der Waals surface area contributed by atoms with Crippen molar-refractivity contribution in [3.63, 3.8) is 0 Å². The summed E-state index contributed by atoms with van der Waals surface area (Å²) in [5, 5.41) is 11.8. The summed E-state index contributed by atoms with van der Waals surface area (Å²) in [4.78, 5) is 0. The van der Waals surface area contributed by atoms with Crippen LogP contribution in [0.2, 0.25) is 0 Å². The molecule has 2 rings (SSSR count). The minimum Gasteiger partial charge on any atom is -0.309 e. The molecule has 1 aromatic carbocycles. The molecule has 20 heavy (non-hydrogen) atoms. The van der Waals surface area contributed by atoms with Crippen molar-refractivity contribution in [2.45, 2.75) is 45.7 Å². The molecular formula is C16H24N4. The minimum atomic E-state index is 0.321. The van der Waals surface area contributed by atoms with Gasteiger partial charge in [0, 0.05) is 6.54 Å². The third-order valence-electron chi connectivity index (χ3n) is 3.46. The van der Waals surface area contributed by atoms with Gasteiger partial charge >= 0.3 is 0 Å². The Labute approximate surface area is 121 Å². The third-order valence-corrected chi connectivity index (χ3v) is 3.46. The van der Waals surface area contributed by atoms with E-state index in [1.54, 1.807) is 0 Å². The number of hydrogen-bond donors (Lipinski definition) is 1. The Kier molecular flexibility index (Phi) is 5.74. The molecule has 4 nitrogen and oxygen atoms in total. The van der Waals surface area contributed by atoms with Crippen molar-refractivity contribution in [3.8, 4) is 0 Å². The van der Waals surface area contributed by atoms with Crippen LogP contribution in [0.4, 0.5) is 0 Å². The number of aromatic nitrogens is 3. The molecule has 0 saturated heterocycles. The number of nitrogens with one attached hydrogen (secondary N) is 1. The number of hydrogen-bond acceptors (Lipinski definition) is 3. The first-order chi connectivity index (χ1) is 9.85. The highest BCUT2D eigenvalue weighted by atomic mass is 15.4. The Balaban J connectivity index is 2.04. The Hall–Kier alpha value is -1.68. The first-order valence-corrected chi connectivity index (χ1v) is 7.50. The van der Waals surface area contributed by atoms with E-state index in [0.29, 0.717) is 6.04 Å². The highest BCUT2D eigenvalue weighted by Gasteiger charge is 2.15. The fourth-order valence-corrected chi connectivity index (χ4v) is 2.48. The maximum absolute atomic E-state index is 4.19. The van der Waals surface area contributed by atoms with Gasteiger partial charge in [0.2, 0.25) is 0 Å². The van der Waals surface area contributed by atoms with Gasteiger partial charge in [0.15, 0.2) is 0 Å². The van der Waals surface area contributed by atoms with E-state index in [-0.39, 0.29) is 0 Å². The zero-order valence-corrected chi connectivity index (χ0v) is 12.4. The highest BCUT2D eigenvalue weighted by molar-refractivity contribution is 5.15. The summed E-state index contributed by atoms with van der Waals surface area (Å²) in [7, 11) is 0. The number of nitrogens with zero attached hydrogens (tertiary/aromatic N) is 3.